The van der Waals surface area contributed by atoms with Crippen molar-refractivity contribution in [3.8, 4) is 11.4 Å². The summed E-state index contributed by atoms with van der Waals surface area (Å²) in [5.74, 6) is 0.624. The highest BCUT2D eigenvalue weighted by molar-refractivity contribution is 6.36. The van der Waals surface area contributed by atoms with E-state index in [1.165, 1.54) is 0 Å². The molecule has 4 rings (SSSR count). The second-order valence-corrected chi connectivity index (χ2v) is 7.45. The summed E-state index contributed by atoms with van der Waals surface area (Å²) in [5, 5.41) is 1.05. The predicted molar refractivity (Wildman–Crippen MR) is 120 cm³/mol. The number of para-hydroxylation sites is 3. The van der Waals surface area contributed by atoms with Crippen molar-refractivity contribution in [3.63, 3.8) is 0 Å². The van der Waals surface area contributed by atoms with Gasteiger partial charge in [-0.1, -0.05) is 53.5 Å². The van der Waals surface area contributed by atoms with Crippen LogP contribution in [0.3, 0.4) is 0 Å². The number of carbonyl (C=O) groups excluding carboxylic acids is 1. The zero-order chi connectivity index (χ0) is 20.4. The van der Waals surface area contributed by atoms with Gasteiger partial charge in [-0.15, -0.1) is 0 Å². The minimum absolute atomic E-state index is 0.0202. The molecule has 0 aliphatic rings. The number of aromatic nitrogens is 2. The van der Waals surface area contributed by atoms with Crippen LogP contribution in [0, 0.1) is 0 Å². The summed E-state index contributed by atoms with van der Waals surface area (Å²) in [7, 11) is 0. The lowest BCUT2D eigenvalue weighted by Gasteiger charge is -2.22. The van der Waals surface area contributed by atoms with Crippen molar-refractivity contribution >= 4 is 45.8 Å². The van der Waals surface area contributed by atoms with Crippen LogP contribution in [0.4, 0.5) is 5.69 Å². The Balaban J connectivity index is 1.79. The van der Waals surface area contributed by atoms with Crippen molar-refractivity contribution in [1.29, 1.82) is 0 Å². The van der Waals surface area contributed by atoms with Gasteiger partial charge in [-0.3, -0.25) is 4.79 Å². The number of amides is 1. The summed E-state index contributed by atoms with van der Waals surface area (Å²) in [4.78, 5) is 19.7. The van der Waals surface area contributed by atoms with Crippen molar-refractivity contribution in [2.24, 2.45) is 0 Å². The van der Waals surface area contributed by atoms with Crippen molar-refractivity contribution in [2.75, 3.05) is 11.4 Å². The molecule has 29 heavy (non-hydrogen) atoms. The van der Waals surface area contributed by atoms with Crippen molar-refractivity contribution in [2.45, 2.75) is 13.5 Å². The zero-order valence-corrected chi connectivity index (χ0v) is 17.4. The number of likely N-dealkylation sites (N-methyl/N-ethyl adjacent to an activating group) is 1. The fraction of sp³-hybridized carbons (Fsp3) is 0.130. The average molecular weight is 424 g/mol. The lowest BCUT2D eigenvalue weighted by molar-refractivity contribution is -0.119. The molecule has 0 aliphatic carbocycles. The van der Waals surface area contributed by atoms with Crippen molar-refractivity contribution < 1.29 is 4.79 Å². The number of halogens is 2. The molecule has 1 aromatic heterocycles. The fourth-order valence-electron chi connectivity index (χ4n) is 3.44. The summed E-state index contributed by atoms with van der Waals surface area (Å²) in [6.45, 7) is 2.69. The first-order valence-electron chi connectivity index (χ1n) is 9.34. The van der Waals surface area contributed by atoms with E-state index >= 15 is 0 Å². The molecule has 1 heterocycles. The number of benzene rings is 3. The second-order valence-electron chi connectivity index (χ2n) is 6.61. The lowest BCUT2D eigenvalue weighted by atomic mass is 10.2. The van der Waals surface area contributed by atoms with Gasteiger partial charge in [0, 0.05) is 22.8 Å². The Bertz CT molecular complexity index is 1170. The number of carbonyl (C=O) groups is 1. The zero-order valence-electron chi connectivity index (χ0n) is 15.8. The molecular weight excluding hydrogens is 405 g/mol. The molecule has 4 nitrogen and oxygen atoms in total. The quantitative estimate of drug-likeness (QED) is 0.390. The van der Waals surface area contributed by atoms with E-state index in [2.05, 4.69) is 0 Å². The van der Waals surface area contributed by atoms with Crippen LogP contribution in [0.15, 0.2) is 72.8 Å². The molecule has 0 atom stereocenters. The molecular formula is C23H19Cl2N3O. The first-order chi connectivity index (χ1) is 14.1. The molecule has 0 fully saturated rings. The van der Waals surface area contributed by atoms with Crippen LogP contribution in [-0.2, 0) is 11.3 Å². The van der Waals surface area contributed by atoms with E-state index < -0.39 is 0 Å². The third kappa shape index (κ3) is 3.86. The molecule has 3 aromatic carbocycles. The maximum Gasteiger partial charge on any atom is 0.246 e. The molecule has 0 saturated carbocycles. The first kappa shape index (κ1) is 19.5. The largest absolute Gasteiger partial charge is 0.314 e. The number of anilines is 1. The molecule has 0 radical (unpaired) electrons. The minimum Gasteiger partial charge on any atom is -0.314 e. The molecule has 1 amide bonds. The summed E-state index contributed by atoms with van der Waals surface area (Å²) in [5.41, 5.74) is 3.30. The molecule has 0 N–H and O–H groups in total. The Labute approximate surface area is 179 Å². The summed E-state index contributed by atoms with van der Waals surface area (Å²) in [6, 6.07) is 22.7. The standard InChI is InChI=1S/C23H19Cl2N3O/c1-2-27(17-8-4-3-5-9-17)22(29)15-28-21-11-7-6-10-20(21)26-23(28)18-13-12-16(24)14-19(18)25/h3-14H,2,15H2,1H3. The summed E-state index contributed by atoms with van der Waals surface area (Å²) < 4.78 is 1.92. The van der Waals surface area contributed by atoms with Gasteiger partial charge >= 0.3 is 0 Å². The predicted octanol–water partition coefficient (Wildman–Crippen LogP) is 6.06. The van der Waals surface area contributed by atoms with Crippen molar-refractivity contribution in [1.82, 2.24) is 9.55 Å². The van der Waals surface area contributed by atoms with E-state index in [0.29, 0.717) is 22.4 Å². The SMILES string of the molecule is CCN(C(=O)Cn1c(-c2ccc(Cl)cc2Cl)nc2ccccc21)c1ccccc1. The van der Waals surface area contributed by atoms with Crippen LogP contribution in [-0.4, -0.2) is 22.0 Å². The number of rotatable bonds is 5. The van der Waals surface area contributed by atoms with E-state index in [9.17, 15) is 4.79 Å². The third-order valence-electron chi connectivity index (χ3n) is 4.81. The topological polar surface area (TPSA) is 38.1 Å². The van der Waals surface area contributed by atoms with Crippen LogP contribution in [0.1, 0.15) is 6.92 Å². The number of hydrogen-bond donors (Lipinski definition) is 0. The Hall–Kier alpha value is -2.82. The first-order valence-corrected chi connectivity index (χ1v) is 10.1. The van der Waals surface area contributed by atoms with Gasteiger partial charge in [-0.2, -0.15) is 0 Å². The van der Waals surface area contributed by atoms with Crippen molar-refractivity contribution in [3.05, 3.63) is 82.8 Å². The maximum absolute atomic E-state index is 13.2. The molecule has 4 aromatic rings. The monoisotopic (exact) mass is 423 g/mol. The average Bonchev–Trinajstić information content (AvgIpc) is 3.07. The Kier molecular flexibility index (Phi) is 5.56. The molecule has 0 spiro atoms. The van der Waals surface area contributed by atoms with Gasteiger partial charge in [0.1, 0.15) is 12.4 Å². The van der Waals surface area contributed by atoms with Gasteiger partial charge in [-0.05, 0) is 49.4 Å². The smallest absolute Gasteiger partial charge is 0.246 e. The summed E-state index contributed by atoms with van der Waals surface area (Å²) >= 11 is 12.5. The Morgan fingerprint density at radius 3 is 2.45 bits per heavy atom. The van der Waals surface area contributed by atoms with E-state index in [1.54, 1.807) is 17.0 Å². The molecule has 146 valence electrons. The Morgan fingerprint density at radius 2 is 1.72 bits per heavy atom. The van der Waals surface area contributed by atoms with Gasteiger partial charge in [-0.25, -0.2) is 4.98 Å². The molecule has 0 aliphatic heterocycles. The highest BCUT2D eigenvalue weighted by Crippen LogP contribution is 2.32. The highest BCUT2D eigenvalue weighted by Gasteiger charge is 2.20. The van der Waals surface area contributed by atoms with E-state index in [0.717, 1.165) is 22.3 Å². The van der Waals surface area contributed by atoms with Gasteiger partial charge < -0.3 is 9.47 Å². The Morgan fingerprint density at radius 1 is 1.00 bits per heavy atom. The lowest BCUT2D eigenvalue weighted by Crippen LogP contribution is -2.33. The third-order valence-corrected chi connectivity index (χ3v) is 5.35. The fourth-order valence-corrected chi connectivity index (χ4v) is 3.94. The van der Waals surface area contributed by atoms with Crippen LogP contribution in [0.5, 0.6) is 0 Å². The van der Waals surface area contributed by atoms with Gasteiger partial charge in [0.15, 0.2) is 0 Å². The number of imidazole rings is 1. The van der Waals surface area contributed by atoms with E-state index in [4.69, 9.17) is 28.2 Å². The van der Waals surface area contributed by atoms with Crippen LogP contribution < -0.4 is 4.90 Å². The van der Waals surface area contributed by atoms with E-state index in [-0.39, 0.29) is 12.5 Å². The minimum atomic E-state index is -0.0202. The second kappa shape index (κ2) is 8.27. The highest BCUT2D eigenvalue weighted by atomic mass is 35.5. The maximum atomic E-state index is 13.2. The molecule has 6 heteroatoms. The van der Waals surface area contributed by atoms with E-state index in [1.807, 2.05) is 72.2 Å². The van der Waals surface area contributed by atoms with Crippen LogP contribution >= 0.6 is 23.2 Å². The normalized spacial score (nSPS) is 11.0. The molecule has 0 bridgehead atoms. The molecule has 0 saturated heterocycles. The van der Waals surface area contributed by atoms with Crippen LogP contribution in [0.25, 0.3) is 22.4 Å². The number of fused-ring (bicyclic) bond motifs is 1. The van der Waals surface area contributed by atoms with Gasteiger partial charge in [0.25, 0.3) is 0 Å². The van der Waals surface area contributed by atoms with Gasteiger partial charge in [0.2, 0.25) is 5.91 Å². The van der Waals surface area contributed by atoms with Gasteiger partial charge in [0.05, 0.1) is 16.1 Å². The number of hydrogen-bond acceptors (Lipinski definition) is 2. The number of nitrogens with zero attached hydrogens (tertiary/aromatic N) is 3. The van der Waals surface area contributed by atoms with Crippen LogP contribution in [0.2, 0.25) is 10.0 Å². The summed E-state index contributed by atoms with van der Waals surface area (Å²) in [6.07, 6.45) is 0. The molecule has 0 unspecified atom stereocenters.